The molecule has 0 N–H and O–H groups in total. The predicted molar refractivity (Wildman–Crippen MR) is 96.8 cm³/mol. The highest BCUT2D eigenvalue weighted by Crippen LogP contribution is 2.37. The second-order valence-corrected chi connectivity index (χ2v) is 6.08. The summed E-state index contributed by atoms with van der Waals surface area (Å²) in [6.07, 6.45) is -4.60. The Kier molecular flexibility index (Phi) is 7.35. The maximum Gasteiger partial charge on any atom is 0.416 e. The molecule has 0 atom stereocenters. The number of nitrogens with zero attached hydrogens (tertiary/aromatic N) is 1. The van der Waals surface area contributed by atoms with Gasteiger partial charge in [-0.15, -0.1) is 0 Å². The van der Waals surface area contributed by atoms with E-state index in [1.807, 2.05) is 0 Å². The van der Waals surface area contributed by atoms with E-state index >= 15 is 0 Å². The average molecular weight is 448 g/mol. The zero-order valence-corrected chi connectivity index (χ0v) is 16.0. The Morgan fingerprint density at radius 1 is 1.13 bits per heavy atom. The lowest BCUT2D eigenvalue weighted by Gasteiger charge is -2.12. The van der Waals surface area contributed by atoms with E-state index in [0.717, 1.165) is 37.4 Å². The molecule has 2 rings (SSSR count). The van der Waals surface area contributed by atoms with E-state index in [1.54, 1.807) is 0 Å². The van der Waals surface area contributed by atoms with E-state index in [-0.39, 0.29) is 22.1 Å². The van der Waals surface area contributed by atoms with Gasteiger partial charge in [-0.05, 0) is 30.3 Å². The largest absolute Gasteiger partial charge is 0.467 e. The lowest BCUT2D eigenvalue weighted by Crippen LogP contribution is -2.16. The van der Waals surface area contributed by atoms with E-state index in [4.69, 9.17) is 21.1 Å². The zero-order chi connectivity index (χ0) is 22.5. The molecule has 0 radical (unpaired) electrons. The quantitative estimate of drug-likeness (QED) is 0.255. The van der Waals surface area contributed by atoms with Crippen LogP contribution in [0.25, 0.3) is 0 Å². The van der Waals surface area contributed by atoms with Crippen LogP contribution >= 0.6 is 11.6 Å². The van der Waals surface area contributed by atoms with E-state index in [2.05, 4.69) is 4.74 Å². The first-order valence-corrected chi connectivity index (χ1v) is 8.41. The highest BCUT2D eigenvalue weighted by Gasteiger charge is 2.31. The summed E-state index contributed by atoms with van der Waals surface area (Å²) < 4.78 is 52.7. The summed E-state index contributed by atoms with van der Waals surface area (Å²) in [7, 11) is 1.12. The maximum atomic E-state index is 12.7. The topological polar surface area (TPSA) is 105 Å². The highest BCUT2D eigenvalue weighted by molar-refractivity contribution is 6.32. The van der Waals surface area contributed by atoms with Gasteiger partial charge in [-0.25, -0.2) is 4.79 Å². The summed E-state index contributed by atoms with van der Waals surface area (Å²) in [6, 6.07) is 5.55. The van der Waals surface area contributed by atoms with Crippen LogP contribution in [0.1, 0.15) is 15.9 Å². The molecule has 2 aromatic carbocycles. The number of hydrogen-bond donors (Lipinski definition) is 0. The van der Waals surface area contributed by atoms with Crippen LogP contribution in [0, 0.1) is 10.1 Å². The van der Waals surface area contributed by atoms with Crippen molar-refractivity contribution in [2.24, 2.45) is 0 Å². The SMILES string of the molecule is COC(=O)COCC(=O)c1cc(Oc2ccc(C(F)(F)F)cc2Cl)ccc1[N+](=O)[O-]. The minimum atomic E-state index is -4.60. The number of carbonyl (C=O) groups excluding carboxylic acids is 2. The Hall–Kier alpha value is -3.18. The third kappa shape index (κ3) is 5.91. The Morgan fingerprint density at radius 3 is 2.40 bits per heavy atom. The van der Waals surface area contributed by atoms with E-state index in [1.165, 1.54) is 0 Å². The van der Waals surface area contributed by atoms with Gasteiger partial charge in [-0.1, -0.05) is 11.6 Å². The molecule has 0 spiro atoms. The molecule has 0 aliphatic heterocycles. The fourth-order valence-corrected chi connectivity index (χ4v) is 2.43. The van der Waals surface area contributed by atoms with Gasteiger partial charge in [0, 0.05) is 6.07 Å². The predicted octanol–water partition coefficient (Wildman–Crippen LogP) is 4.43. The average Bonchev–Trinajstić information content (AvgIpc) is 2.68. The summed E-state index contributed by atoms with van der Waals surface area (Å²) >= 11 is 5.82. The van der Waals surface area contributed by atoms with Gasteiger partial charge in [0.1, 0.15) is 30.3 Å². The van der Waals surface area contributed by atoms with Crippen LogP contribution in [-0.2, 0) is 20.4 Å². The number of halogens is 4. The number of methoxy groups -OCH3 is 1. The van der Waals surface area contributed by atoms with Crippen LogP contribution in [0.2, 0.25) is 5.02 Å². The summed E-state index contributed by atoms with van der Waals surface area (Å²) in [5, 5.41) is 10.8. The molecule has 0 saturated heterocycles. The molecule has 0 aliphatic rings. The van der Waals surface area contributed by atoms with Gasteiger partial charge in [0.2, 0.25) is 0 Å². The van der Waals surface area contributed by atoms with Crippen molar-refractivity contribution >= 4 is 29.0 Å². The van der Waals surface area contributed by atoms with Crippen molar-refractivity contribution in [2.45, 2.75) is 6.18 Å². The molecule has 0 aromatic heterocycles. The van der Waals surface area contributed by atoms with Crippen molar-refractivity contribution in [2.75, 3.05) is 20.3 Å². The van der Waals surface area contributed by atoms with Crippen LogP contribution in [0.15, 0.2) is 36.4 Å². The minimum absolute atomic E-state index is 0.0847. The van der Waals surface area contributed by atoms with Gasteiger partial charge in [0.05, 0.1) is 22.6 Å². The normalized spacial score (nSPS) is 11.1. The van der Waals surface area contributed by atoms with Gasteiger partial charge < -0.3 is 14.2 Å². The number of hydrogen-bond acceptors (Lipinski definition) is 7. The number of alkyl halides is 3. The number of rotatable bonds is 8. The van der Waals surface area contributed by atoms with Crippen molar-refractivity contribution in [3.05, 3.63) is 62.7 Å². The number of nitro groups is 1. The summed E-state index contributed by atoms with van der Waals surface area (Å²) in [5.41, 5.74) is -1.92. The van der Waals surface area contributed by atoms with Crippen LogP contribution < -0.4 is 4.74 Å². The molecule has 12 heteroatoms. The number of nitro benzene ring substituents is 1. The third-order valence-corrected chi connectivity index (χ3v) is 3.93. The monoisotopic (exact) mass is 447 g/mol. The van der Waals surface area contributed by atoms with Crippen molar-refractivity contribution in [1.29, 1.82) is 0 Å². The number of esters is 1. The number of benzene rings is 2. The highest BCUT2D eigenvalue weighted by atomic mass is 35.5. The van der Waals surface area contributed by atoms with Crippen LogP contribution in [-0.4, -0.2) is 37.0 Å². The van der Waals surface area contributed by atoms with Crippen molar-refractivity contribution < 1.29 is 41.9 Å². The molecular weight excluding hydrogens is 435 g/mol. The number of Topliss-reactive ketones (excluding diaryl/α,β-unsaturated/α-hetero) is 1. The van der Waals surface area contributed by atoms with Crippen LogP contribution in [0.4, 0.5) is 18.9 Å². The van der Waals surface area contributed by atoms with Gasteiger partial charge in [0.25, 0.3) is 5.69 Å². The Balaban J connectivity index is 2.26. The molecule has 0 amide bonds. The molecule has 160 valence electrons. The van der Waals surface area contributed by atoms with E-state index in [0.29, 0.717) is 6.07 Å². The van der Waals surface area contributed by atoms with Crippen molar-refractivity contribution in [3.8, 4) is 11.5 Å². The smallest absolute Gasteiger partial charge is 0.416 e. The molecule has 8 nitrogen and oxygen atoms in total. The first kappa shape index (κ1) is 23.1. The first-order valence-electron chi connectivity index (χ1n) is 8.03. The molecule has 0 fully saturated rings. The Bertz CT molecular complexity index is 979. The molecule has 0 unspecified atom stereocenters. The minimum Gasteiger partial charge on any atom is -0.467 e. The standard InChI is InChI=1S/C18H13ClF3NO7/c1-28-17(25)9-29-8-15(24)12-7-11(3-4-14(12)23(26)27)30-16-5-2-10(6-13(16)19)18(20,21)22/h2-7H,8-9H2,1H3. The molecule has 0 bridgehead atoms. The van der Waals surface area contributed by atoms with Crippen LogP contribution in [0.5, 0.6) is 11.5 Å². The van der Waals surface area contributed by atoms with Gasteiger partial charge >= 0.3 is 12.1 Å². The van der Waals surface area contributed by atoms with Crippen molar-refractivity contribution in [1.82, 2.24) is 0 Å². The third-order valence-electron chi connectivity index (χ3n) is 3.63. The fourth-order valence-electron chi connectivity index (χ4n) is 2.21. The molecule has 0 heterocycles. The van der Waals surface area contributed by atoms with Gasteiger partial charge in [0.15, 0.2) is 5.78 Å². The Morgan fingerprint density at radius 2 is 1.83 bits per heavy atom. The fraction of sp³-hybridized carbons (Fsp3) is 0.222. The number of ether oxygens (including phenoxy) is 3. The van der Waals surface area contributed by atoms with E-state index < -0.39 is 47.3 Å². The molecule has 0 aliphatic carbocycles. The molecule has 2 aromatic rings. The Labute approximate surface area is 172 Å². The second-order valence-electron chi connectivity index (χ2n) is 5.67. The lowest BCUT2D eigenvalue weighted by molar-refractivity contribution is -0.385. The summed E-state index contributed by atoms with van der Waals surface area (Å²) in [4.78, 5) is 33.7. The van der Waals surface area contributed by atoms with Gasteiger partial charge in [-0.3, -0.25) is 14.9 Å². The zero-order valence-electron chi connectivity index (χ0n) is 15.2. The first-order chi connectivity index (χ1) is 14.0. The molecular formula is C18H13ClF3NO7. The summed E-state index contributed by atoms with van der Waals surface area (Å²) in [6.45, 7) is -1.19. The number of carbonyl (C=O) groups is 2. The van der Waals surface area contributed by atoms with Gasteiger partial charge in [-0.2, -0.15) is 13.2 Å². The molecule has 0 saturated carbocycles. The molecule has 30 heavy (non-hydrogen) atoms. The maximum absolute atomic E-state index is 12.7. The van der Waals surface area contributed by atoms with Crippen LogP contribution in [0.3, 0.4) is 0 Å². The van der Waals surface area contributed by atoms with E-state index in [9.17, 15) is 32.9 Å². The van der Waals surface area contributed by atoms with Crippen molar-refractivity contribution in [3.63, 3.8) is 0 Å². The second kappa shape index (κ2) is 9.55. The summed E-state index contributed by atoms with van der Waals surface area (Å²) in [5.74, 6) is -1.81. The lowest BCUT2D eigenvalue weighted by atomic mass is 10.1. The number of ketones is 1.